The summed E-state index contributed by atoms with van der Waals surface area (Å²) in [5, 5.41) is 22.5. The molecule has 3 N–H and O–H groups in total. The van der Waals surface area contributed by atoms with Gasteiger partial charge in [-0.1, -0.05) is 0 Å². The Labute approximate surface area is 120 Å². The van der Waals surface area contributed by atoms with E-state index in [1.54, 1.807) is 19.1 Å². The molecule has 0 fully saturated rings. The molecule has 108 valence electrons. The third-order valence-electron chi connectivity index (χ3n) is 2.83. The number of phenols is 1. The quantitative estimate of drug-likeness (QED) is 0.596. The summed E-state index contributed by atoms with van der Waals surface area (Å²) in [6, 6.07) is 9.60. The molecular weight excluding hydrogens is 275 g/mol. The normalized spacial score (nSPS) is 11.2. The van der Waals surface area contributed by atoms with E-state index in [-0.39, 0.29) is 16.9 Å². The standard InChI is InChI=1S/C15H13FN2O3/c1-9(13-8-11(16)4-7-14(13)19)17-18-12-5-2-10(3-6-12)15(20)21/h2-8,18-19H,1H3,(H,20,21)/b17-9+. The van der Waals surface area contributed by atoms with Crippen LogP contribution in [0.2, 0.25) is 0 Å². The highest BCUT2D eigenvalue weighted by Crippen LogP contribution is 2.19. The van der Waals surface area contributed by atoms with E-state index in [1.165, 1.54) is 24.3 Å². The van der Waals surface area contributed by atoms with Gasteiger partial charge in [-0.15, -0.1) is 0 Å². The van der Waals surface area contributed by atoms with Gasteiger partial charge in [0.25, 0.3) is 0 Å². The molecule has 0 bridgehead atoms. The Balaban J connectivity index is 2.16. The third-order valence-corrected chi connectivity index (χ3v) is 2.83. The van der Waals surface area contributed by atoms with Crippen LogP contribution in [-0.2, 0) is 0 Å². The first kappa shape index (κ1) is 14.5. The van der Waals surface area contributed by atoms with Crippen LogP contribution in [-0.4, -0.2) is 21.9 Å². The second-order valence-electron chi connectivity index (χ2n) is 4.35. The Bertz CT molecular complexity index is 697. The Kier molecular flexibility index (Phi) is 4.18. The molecule has 2 aromatic carbocycles. The molecular formula is C15H13FN2O3. The predicted molar refractivity (Wildman–Crippen MR) is 77.3 cm³/mol. The van der Waals surface area contributed by atoms with Crippen LogP contribution in [0.15, 0.2) is 47.6 Å². The molecule has 6 heteroatoms. The van der Waals surface area contributed by atoms with Crippen LogP contribution < -0.4 is 5.43 Å². The molecule has 0 saturated carbocycles. The maximum atomic E-state index is 13.1. The summed E-state index contributed by atoms with van der Waals surface area (Å²) in [6.45, 7) is 1.62. The van der Waals surface area contributed by atoms with Crippen molar-refractivity contribution in [2.75, 3.05) is 5.43 Å². The summed E-state index contributed by atoms with van der Waals surface area (Å²) >= 11 is 0. The molecule has 0 heterocycles. The van der Waals surface area contributed by atoms with E-state index in [0.29, 0.717) is 11.4 Å². The average molecular weight is 288 g/mol. The minimum atomic E-state index is -1.01. The Morgan fingerprint density at radius 1 is 1.19 bits per heavy atom. The Hall–Kier alpha value is -2.89. The van der Waals surface area contributed by atoms with Gasteiger partial charge in [-0.3, -0.25) is 5.43 Å². The number of nitrogens with one attached hydrogen (secondary N) is 1. The topological polar surface area (TPSA) is 81.9 Å². The van der Waals surface area contributed by atoms with E-state index in [2.05, 4.69) is 10.5 Å². The first-order valence-corrected chi connectivity index (χ1v) is 6.10. The van der Waals surface area contributed by atoms with Gasteiger partial charge in [0.1, 0.15) is 11.6 Å². The van der Waals surface area contributed by atoms with Crippen molar-refractivity contribution in [1.29, 1.82) is 0 Å². The number of hydrazone groups is 1. The number of anilines is 1. The molecule has 0 aromatic heterocycles. The van der Waals surface area contributed by atoms with E-state index < -0.39 is 11.8 Å². The number of halogens is 1. The van der Waals surface area contributed by atoms with Gasteiger partial charge in [0.2, 0.25) is 0 Å². The van der Waals surface area contributed by atoms with E-state index >= 15 is 0 Å². The Morgan fingerprint density at radius 2 is 1.86 bits per heavy atom. The number of carboxylic acid groups (broad SMARTS) is 1. The lowest BCUT2D eigenvalue weighted by Gasteiger charge is -2.06. The molecule has 0 amide bonds. The van der Waals surface area contributed by atoms with Crippen LogP contribution in [0.4, 0.5) is 10.1 Å². The van der Waals surface area contributed by atoms with Gasteiger partial charge in [0.05, 0.1) is 17.0 Å². The van der Waals surface area contributed by atoms with E-state index in [4.69, 9.17) is 5.11 Å². The lowest BCUT2D eigenvalue weighted by molar-refractivity contribution is 0.0697. The van der Waals surface area contributed by atoms with Crippen molar-refractivity contribution in [1.82, 2.24) is 0 Å². The number of hydrogen-bond acceptors (Lipinski definition) is 4. The van der Waals surface area contributed by atoms with Gasteiger partial charge in [0.15, 0.2) is 0 Å². The van der Waals surface area contributed by atoms with Crippen LogP contribution in [0, 0.1) is 5.82 Å². The molecule has 0 aliphatic heterocycles. The minimum Gasteiger partial charge on any atom is -0.507 e. The van der Waals surface area contributed by atoms with Crippen molar-refractivity contribution >= 4 is 17.4 Å². The van der Waals surface area contributed by atoms with Crippen LogP contribution >= 0.6 is 0 Å². The van der Waals surface area contributed by atoms with E-state index in [0.717, 1.165) is 6.07 Å². The van der Waals surface area contributed by atoms with Crippen LogP contribution in [0.3, 0.4) is 0 Å². The van der Waals surface area contributed by atoms with Gasteiger partial charge in [-0.05, 0) is 49.4 Å². The fourth-order valence-corrected chi connectivity index (χ4v) is 1.69. The highest BCUT2D eigenvalue weighted by molar-refractivity contribution is 6.01. The van der Waals surface area contributed by atoms with Crippen molar-refractivity contribution in [3.8, 4) is 5.75 Å². The minimum absolute atomic E-state index is 0.0688. The van der Waals surface area contributed by atoms with Gasteiger partial charge in [0, 0.05) is 5.56 Å². The number of rotatable bonds is 4. The summed E-state index contributed by atoms with van der Waals surface area (Å²) in [5.74, 6) is -1.55. The zero-order chi connectivity index (χ0) is 15.4. The molecule has 0 unspecified atom stereocenters. The smallest absolute Gasteiger partial charge is 0.335 e. The van der Waals surface area contributed by atoms with Crippen molar-refractivity contribution in [3.63, 3.8) is 0 Å². The fraction of sp³-hybridized carbons (Fsp3) is 0.0667. The fourth-order valence-electron chi connectivity index (χ4n) is 1.69. The highest BCUT2D eigenvalue weighted by atomic mass is 19.1. The number of benzene rings is 2. The summed E-state index contributed by atoms with van der Waals surface area (Å²) < 4.78 is 13.1. The summed E-state index contributed by atoms with van der Waals surface area (Å²) in [4.78, 5) is 10.7. The molecule has 21 heavy (non-hydrogen) atoms. The van der Waals surface area contributed by atoms with Gasteiger partial charge >= 0.3 is 5.97 Å². The molecule has 2 aromatic rings. The molecule has 0 aliphatic carbocycles. The largest absolute Gasteiger partial charge is 0.507 e. The molecule has 0 saturated heterocycles. The monoisotopic (exact) mass is 288 g/mol. The van der Waals surface area contributed by atoms with Crippen molar-refractivity contribution in [2.24, 2.45) is 5.10 Å². The zero-order valence-corrected chi connectivity index (χ0v) is 11.2. The maximum Gasteiger partial charge on any atom is 0.335 e. The number of carbonyl (C=O) groups is 1. The average Bonchev–Trinajstić information content (AvgIpc) is 2.47. The van der Waals surface area contributed by atoms with Gasteiger partial charge < -0.3 is 10.2 Å². The lowest BCUT2D eigenvalue weighted by Crippen LogP contribution is -2.01. The molecule has 5 nitrogen and oxygen atoms in total. The van der Waals surface area contributed by atoms with Crippen molar-refractivity contribution < 1.29 is 19.4 Å². The summed E-state index contributed by atoms with van der Waals surface area (Å²) in [5.41, 5.74) is 4.15. The molecule has 0 atom stereocenters. The van der Waals surface area contributed by atoms with Crippen LogP contribution in [0.1, 0.15) is 22.8 Å². The third kappa shape index (κ3) is 3.56. The second-order valence-corrected chi connectivity index (χ2v) is 4.35. The molecule has 2 rings (SSSR count). The lowest BCUT2D eigenvalue weighted by atomic mass is 10.1. The number of aromatic hydroxyl groups is 1. The number of carboxylic acids is 1. The van der Waals surface area contributed by atoms with Crippen LogP contribution in [0.5, 0.6) is 5.75 Å². The predicted octanol–water partition coefficient (Wildman–Crippen LogP) is 3.07. The van der Waals surface area contributed by atoms with E-state index in [1.807, 2.05) is 0 Å². The van der Waals surface area contributed by atoms with Gasteiger partial charge in [-0.25, -0.2) is 9.18 Å². The number of aromatic carboxylic acids is 1. The van der Waals surface area contributed by atoms with Crippen LogP contribution in [0.25, 0.3) is 0 Å². The SMILES string of the molecule is C/C(=N\Nc1ccc(C(=O)O)cc1)c1cc(F)ccc1O. The highest BCUT2D eigenvalue weighted by Gasteiger charge is 2.06. The van der Waals surface area contributed by atoms with Crippen molar-refractivity contribution in [2.45, 2.75) is 6.92 Å². The number of nitrogens with zero attached hydrogens (tertiary/aromatic N) is 1. The summed E-state index contributed by atoms with van der Waals surface area (Å²) in [6.07, 6.45) is 0. The first-order valence-electron chi connectivity index (χ1n) is 6.10. The Morgan fingerprint density at radius 3 is 2.48 bits per heavy atom. The first-order chi connectivity index (χ1) is 9.97. The summed E-state index contributed by atoms with van der Waals surface area (Å²) in [7, 11) is 0. The number of phenolic OH excluding ortho intramolecular Hbond substituents is 1. The molecule has 0 radical (unpaired) electrons. The number of hydrogen-bond donors (Lipinski definition) is 3. The maximum absolute atomic E-state index is 13.1. The second kappa shape index (κ2) is 6.04. The zero-order valence-electron chi connectivity index (χ0n) is 11.2. The van der Waals surface area contributed by atoms with Crippen molar-refractivity contribution in [3.05, 3.63) is 59.4 Å². The van der Waals surface area contributed by atoms with E-state index in [9.17, 15) is 14.3 Å². The molecule has 0 spiro atoms. The van der Waals surface area contributed by atoms with Gasteiger partial charge in [-0.2, -0.15) is 5.10 Å². The molecule has 0 aliphatic rings.